The maximum atomic E-state index is 12.3. The molecule has 5 nitrogen and oxygen atoms in total. The van der Waals surface area contributed by atoms with E-state index < -0.39 is 5.79 Å². The summed E-state index contributed by atoms with van der Waals surface area (Å²) < 4.78 is 12.6. The third kappa shape index (κ3) is 3.37. The molecule has 0 atom stereocenters. The lowest BCUT2D eigenvalue weighted by Gasteiger charge is -2.44. The maximum Gasteiger partial charge on any atom is 0.225 e. The Morgan fingerprint density at radius 1 is 1.06 bits per heavy atom. The number of hydrogen-bond acceptors (Lipinski definition) is 4. The average Bonchev–Trinajstić information content (AvgIpc) is 3.64. The van der Waals surface area contributed by atoms with Crippen LogP contribution in [0.4, 0.5) is 0 Å². The van der Waals surface area contributed by atoms with Gasteiger partial charge in [-0.15, -0.1) is 0 Å². The van der Waals surface area contributed by atoms with Gasteiger partial charge in [-0.2, -0.15) is 0 Å². The SMILES string of the molecule is Cc1nccc2cc(-c3ccc4c(c3)COC3(CCN(C(=O)C5CC5)CC3)O4)ccc12. The fourth-order valence-electron chi connectivity index (χ4n) is 4.82. The van der Waals surface area contributed by atoms with Gasteiger partial charge in [-0.1, -0.05) is 18.2 Å². The minimum Gasteiger partial charge on any atom is -0.462 e. The van der Waals surface area contributed by atoms with Crippen LogP contribution in [0.2, 0.25) is 0 Å². The summed E-state index contributed by atoms with van der Waals surface area (Å²) in [6.45, 7) is 4.01. The fraction of sp³-hybridized carbons (Fsp3) is 0.385. The van der Waals surface area contributed by atoms with Gasteiger partial charge in [-0.3, -0.25) is 9.78 Å². The predicted molar refractivity (Wildman–Crippen MR) is 119 cm³/mol. The summed E-state index contributed by atoms with van der Waals surface area (Å²) in [7, 11) is 0. The number of aryl methyl sites for hydroxylation is 1. The number of nitrogens with zero attached hydrogens (tertiary/aromatic N) is 2. The molecule has 158 valence electrons. The highest BCUT2D eigenvalue weighted by Gasteiger charge is 2.43. The second-order valence-corrected chi connectivity index (χ2v) is 9.06. The van der Waals surface area contributed by atoms with E-state index in [1.807, 2.05) is 18.0 Å². The summed E-state index contributed by atoms with van der Waals surface area (Å²) in [6.07, 6.45) is 5.42. The Morgan fingerprint density at radius 3 is 2.65 bits per heavy atom. The molecule has 2 aliphatic heterocycles. The number of pyridine rings is 1. The number of ether oxygens (including phenoxy) is 2. The van der Waals surface area contributed by atoms with Gasteiger partial charge in [0.05, 0.1) is 6.61 Å². The third-order valence-corrected chi connectivity index (χ3v) is 6.91. The first-order chi connectivity index (χ1) is 15.1. The number of carbonyl (C=O) groups excluding carboxylic acids is 1. The highest BCUT2D eigenvalue weighted by molar-refractivity contribution is 5.88. The van der Waals surface area contributed by atoms with Crippen molar-refractivity contribution in [3.05, 3.63) is 59.9 Å². The average molecular weight is 415 g/mol. The van der Waals surface area contributed by atoms with Crippen LogP contribution in [0.1, 0.15) is 36.9 Å². The van der Waals surface area contributed by atoms with Crippen LogP contribution in [0.25, 0.3) is 21.9 Å². The Hall–Kier alpha value is -2.92. The second-order valence-electron chi connectivity index (χ2n) is 9.06. The number of amides is 1. The molecule has 1 saturated carbocycles. The number of piperidine rings is 1. The molecule has 1 saturated heterocycles. The molecule has 1 spiro atoms. The van der Waals surface area contributed by atoms with Crippen molar-refractivity contribution in [3.8, 4) is 16.9 Å². The third-order valence-electron chi connectivity index (χ3n) is 6.91. The van der Waals surface area contributed by atoms with Crippen LogP contribution in [0.3, 0.4) is 0 Å². The number of rotatable bonds is 2. The maximum absolute atomic E-state index is 12.3. The Labute approximate surface area is 182 Å². The molecule has 0 unspecified atom stereocenters. The van der Waals surface area contributed by atoms with Crippen LogP contribution in [0.15, 0.2) is 48.7 Å². The van der Waals surface area contributed by atoms with Crippen LogP contribution in [-0.2, 0) is 16.1 Å². The summed E-state index contributed by atoms with van der Waals surface area (Å²) in [6, 6.07) is 14.9. The summed E-state index contributed by atoms with van der Waals surface area (Å²) in [5.41, 5.74) is 4.45. The van der Waals surface area contributed by atoms with E-state index in [2.05, 4.69) is 47.4 Å². The normalized spacial score (nSPS) is 19.8. The van der Waals surface area contributed by atoms with E-state index in [1.165, 1.54) is 16.3 Å². The molecule has 1 amide bonds. The van der Waals surface area contributed by atoms with Crippen molar-refractivity contribution in [2.24, 2.45) is 5.92 Å². The summed E-state index contributed by atoms with van der Waals surface area (Å²) in [4.78, 5) is 18.7. The highest BCUT2D eigenvalue weighted by atomic mass is 16.7. The van der Waals surface area contributed by atoms with Crippen LogP contribution >= 0.6 is 0 Å². The van der Waals surface area contributed by atoms with Crippen LogP contribution in [0, 0.1) is 12.8 Å². The van der Waals surface area contributed by atoms with E-state index in [0.717, 1.165) is 48.3 Å². The molecule has 3 aromatic rings. The lowest BCUT2D eigenvalue weighted by molar-refractivity contribution is -0.227. The Morgan fingerprint density at radius 2 is 1.84 bits per heavy atom. The van der Waals surface area contributed by atoms with E-state index >= 15 is 0 Å². The molecule has 5 heteroatoms. The zero-order valence-electron chi connectivity index (χ0n) is 17.8. The number of hydrogen-bond donors (Lipinski definition) is 0. The van der Waals surface area contributed by atoms with Gasteiger partial charge < -0.3 is 14.4 Å². The van der Waals surface area contributed by atoms with E-state index in [0.29, 0.717) is 25.6 Å². The molecule has 0 bridgehead atoms. The molecular formula is C26H26N2O3. The number of benzene rings is 2. The molecule has 0 N–H and O–H groups in total. The Bertz CT molecular complexity index is 1180. The zero-order chi connectivity index (χ0) is 21.0. The van der Waals surface area contributed by atoms with Crippen molar-refractivity contribution in [2.45, 2.75) is 45.0 Å². The Kier molecular flexibility index (Phi) is 4.29. The monoisotopic (exact) mass is 414 g/mol. The lowest BCUT2D eigenvalue weighted by atomic mass is 9.97. The highest BCUT2D eigenvalue weighted by Crippen LogP contribution is 2.40. The van der Waals surface area contributed by atoms with Crippen LogP contribution < -0.4 is 4.74 Å². The quantitative estimate of drug-likeness (QED) is 0.602. The van der Waals surface area contributed by atoms with Crippen molar-refractivity contribution in [1.29, 1.82) is 0 Å². The van der Waals surface area contributed by atoms with Crippen LogP contribution in [-0.4, -0.2) is 34.7 Å². The molecule has 2 aromatic carbocycles. The molecule has 31 heavy (non-hydrogen) atoms. The van der Waals surface area contributed by atoms with Crippen LogP contribution in [0.5, 0.6) is 5.75 Å². The Balaban J connectivity index is 1.21. The van der Waals surface area contributed by atoms with Crippen molar-refractivity contribution in [3.63, 3.8) is 0 Å². The van der Waals surface area contributed by atoms with Gasteiger partial charge in [-0.05, 0) is 60.5 Å². The van der Waals surface area contributed by atoms with E-state index in [1.54, 1.807) is 0 Å². The van der Waals surface area contributed by atoms with Gasteiger partial charge in [0.1, 0.15) is 5.75 Å². The molecule has 3 heterocycles. The van der Waals surface area contributed by atoms with Crippen molar-refractivity contribution in [2.75, 3.05) is 13.1 Å². The first-order valence-electron chi connectivity index (χ1n) is 11.2. The van der Waals surface area contributed by atoms with Crippen molar-refractivity contribution in [1.82, 2.24) is 9.88 Å². The number of aromatic nitrogens is 1. The van der Waals surface area contributed by atoms with Gasteiger partial charge >= 0.3 is 0 Å². The first-order valence-corrected chi connectivity index (χ1v) is 11.2. The van der Waals surface area contributed by atoms with Gasteiger partial charge in [-0.25, -0.2) is 0 Å². The molecule has 6 rings (SSSR count). The molecular weight excluding hydrogens is 388 g/mol. The molecule has 2 fully saturated rings. The largest absolute Gasteiger partial charge is 0.462 e. The topological polar surface area (TPSA) is 51.7 Å². The summed E-state index contributed by atoms with van der Waals surface area (Å²) in [5.74, 6) is 0.897. The molecule has 0 radical (unpaired) electrons. The number of likely N-dealkylation sites (tertiary alicyclic amines) is 1. The number of fused-ring (bicyclic) bond motifs is 2. The minimum atomic E-state index is -0.595. The van der Waals surface area contributed by atoms with Crippen molar-refractivity contribution >= 4 is 16.7 Å². The lowest BCUT2D eigenvalue weighted by Crippen LogP contribution is -2.52. The van der Waals surface area contributed by atoms with E-state index in [9.17, 15) is 4.79 Å². The molecule has 3 aliphatic rings. The minimum absolute atomic E-state index is 0.275. The van der Waals surface area contributed by atoms with E-state index in [-0.39, 0.29) is 5.92 Å². The van der Waals surface area contributed by atoms with Crippen molar-refractivity contribution < 1.29 is 14.3 Å². The van der Waals surface area contributed by atoms with Gasteiger partial charge in [0, 0.05) is 54.7 Å². The predicted octanol–water partition coefficient (Wildman–Crippen LogP) is 4.85. The fourth-order valence-corrected chi connectivity index (χ4v) is 4.82. The number of carbonyl (C=O) groups is 1. The standard InChI is InChI=1S/C26H26N2O3/c1-17-23-6-4-19(14-21(23)8-11-27-17)20-5-7-24-22(15-20)16-30-26(31-24)9-12-28(13-10-26)25(29)18-2-3-18/h4-8,11,14-15,18H,2-3,9-10,12-13,16H2,1H3. The van der Waals surface area contributed by atoms with Gasteiger partial charge in [0.2, 0.25) is 11.7 Å². The molecule has 1 aromatic heterocycles. The summed E-state index contributed by atoms with van der Waals surface area (Å²) >= 11 is 0. The van der Waals surface area contributed by atoms with Gasteiger partial charge in [0.15, 0.2) is 0 Å². The molecule has 1 aliphatic carbocycles. The first kappa shape index (κ1) is 18.8. The van der Waals surface area contributed by atoms with E-state index in [4.69, 9.17) is 9.47 Å². The second kappa shape index (κ2) is 7.06. The zero-order valence-corrected chi connectivity index (χ0v) is 17.8. The smallest absolute Gasteiger partial charge is 0.225 e. The summed E-state index contributed by atoms with van der Waals surface area (Å²) in [5, 5.41) is 2.38. The van der Waals surface area contributed by atoms with Gasteiger partial charge in [0.25, 0.3) is 0 Å².